The molecule has 3 aromatic carbocycles. The third-order valence-electron chi connectivity index (χ3n) is 4.49. The third kappa shape index (κ3) is 2.33. The predicted molar refractivity (Wildman–Crippen MR) is 99.0 cm³/mol. The highest BCUT2D eigenvalue weighted by Crippen LogP contribution is 2.41. The van der Waals surface area contributed by atoms with Crippen molar-refractivity contribution in [3.05, 3.63) is 71.8 Å². The monoisotopic (exact) mass is 300 g/mol. The average molecular weight is 300 g/mol. The summed E-state index contributed by atoms with van der Waals surface area (Å²) in [5, 5.41) is 5.08. The van der Waals surface area contributed by atoms with Crippen LogP contribution in [-0.2, 0) is 0 Å². The van der Waals surface area contributed by atoms with Crippen molar-refractivity contribution < 1.29 is 4.74 Å². The van der Waals surface area contributed by atoms with E-state index >= 15 is 0 Å². The van der Waals surface area contributed by atoms with E-state index < -0.39 is 0 Å². The fraction of sp³-hybridized carbons (Fsp3) is 0.182. The molecule has 0 saturated carbocycles. The maximum absolute atomic E-state index is 6.11. The second kappa shape index (κ2) is 5.27. The number of benzene rings is 3. The third-order valence-corrected chi connectivity index (χ3v) is 4.49. The van der Waals surface area contributed by atoms with Gasteiger partial charge in [-0.25, -0.2) is 0 Å². The highest BCUT2D eigenvalue weighted by Gasteiger charge is 2.25. The Labute approximate surface area is 136 Å². The lowest BCUT2D eigenvalue weighted by Crippen LogP contribution is -2.04. The first-order chi connectivity index (χ1) is 11.1. The van der Waals surface area contributed by atoms with Crippen molar-refractivity contribution in [1.29, 1.82) is 0 Å². The Morgan fingerprint density at radius 2 is 1.74 bits per heavy atom. The summed E-state index contributed by atoms with van der Waals surface area (Å²) < 4.78 is 6.11. The minimum atomic E-state index is 0.101. The molecule has 23 heavy (non-hydrogen) atoms. The molecule has 1 atom stereocenters. The van der Waals surface area contributed by atoms with Crippen molar-refractivity contribution in [2.45, 2.75) is 26.9 Å². The van der Waals surface area contributed by atoms with Gasteiger partial charge in [-0.1, -0.05) is 54.1 Å². The van der Waals surface area contributed by atoms with Gasteiger partial charge in [-0.2, -0.15) is 0 Å². The molecule has 1 nitrogen and oxygen atoms in total. The molecule has 1 heteroatoms. The summed E-state index contributed by atoms with van der Waals surface area (Å²) in [5.41, 5.74) is 3.78. The number of hydrogen-bond acceptors (Lipinski definition) is 1. The summed E-state index contributed by atoms with van der Waals surface area (Å²) in [6.45, 7) is 6.35. The van der Waals surface area contributed by atoms with E-state index in [1.54, 1.807) is 0 Å². The first-order valence-corrected chi connectivity index (χ1v) is 8.11. The molecule has 3 aromatic rings. The van der Waals surface area contributed by atoms with Gasteiger partial charge in [0, 0.05) is 11.1 Å². The lowest BCUT2D eigenvalue weighted by atomic mass is 9.96. The maximum atomic E-state index is 6.11. The van der Waals surface area contributed by atoms with E-state index in [1.165, 1.54) is 38.3 Å². The molecule has 0 spiro atoms. The molecule has 1 heterocycles. The Morgan fingerprint density at radius 3 is 2.57 bits per heavy atom. The van der Waals surface area contributed by atoms with Gasteiger partial charge in [-0.3, -0.25) is 0 Å². The molecule has 1 aliphatic heterocycles. The zero-order valence-corrected chi connectivity index (χ0v) is 13.8. The van der Waals surface area contributed by atoms with Crippen molar-refractivity contribution >= 4 is 27.1 Å². The Kier molecular flexibility index (Phi) is 3.23. The van der Waals surface area contributed by atoms with Crippen LogP contribution in [0.1, 0.15) is 26.3 Å². The Morgan fingerprint density at radius 1 is 0.957 bits per heavy atom. The van der Waals surface area contributed by atoms with Crippen molar-refractivity contribution in [3.8, 4) is 5.75 Å². The largest absolute Gasteiger partial charge is 0.485 e. The molecule has 0 radical (unpaired) electrons. The maximum Gasteiger partial charge on any atom is 0.128 e. The van der Waals surface area contributed by atoms with Crippen molar-refractivity contribution in [3.63, 3.8) is 0 Å². The van der Waals surface area contributed by atoms with Crippen LogP contribution in [0.15, 0.2) is 66.3 Å². The van der Waals surface area contributed by atoms with Crippen LogP contribution in [0.3, 0.4) is 0 Å². The van der Waals surface area contributed by atoms with Crippen LogP contribution in [-0.4, -0.2) is 6.10 Å². The van der Waals surface area contributed by atoms with Gasteiger partial charge >= 0.3 is 0 Å². The highest BCUT2D eigenvalue weighted by molar-refractivity contribution is 6.09. The van der Waals surface area contributed by atoms with E-state index in [2.05, 4.69) is 81.5 Å². The lowest BCUT2D eigenvalue weighted by molar-refractivity contribution is 0.297. The minimum Gasteiger partial charge on any atom is -0.485 e. The van der Waals surface area contributed by atoms with E-state index in [1.807, 2.05) is 0 Å². The van der Waals surface area contributed by atoms with E-state index in [4.69, 9.17) is 4.74 Å². The van der Waals surface area contributed by atoms with Crippen molar-refractivity contribution in [1.82, 2.24) is 0 Å². The molecule has 0 aromatic heterocycles. The molecule has 0 N–H and O–H groups in total. The van der Waals surface area contributed by atoms with Crippen LogP contribution in [0, 0.1) is 0 Å². The number of allylic oxidation sites excluding steroid dienone is 3. The zero-order valence-electron chi connectivity index (χ0n) is 13.8. The van der Waals surface area contributed by atoms with Gasteiger partial charge in [0.25, 0.3) is 0 Å². The first kappa shape index (κ1) is 14.1. The van der Waals surface area contributed by atoms with Gasteiger partial charge < -0.3 is 4.74 Å². The first-order valence-electron chi connectivity index (χ1n) is 8.11. The standard InChI is InChI=1S/C22H20O/c1-14(2)8-11-18-15(3)23-22-13-20-17(12-21(18)22)10-9-16-6-4-5-7-19(16)20/h4-13,15H,1-3H3/b18-11+/t15-/m1/s1. The molecule has 0 aliphatic carbocycles. The number of ether oxygens (including phenoxy) is 1. The molecule has 4 rings (SSSR count). The van der Waals surface area contributed by atoms with E-state index in [0.717, 1.165) is 5.75 Å². The Bertz CT molecular complexity index is 972. The summed E-state index contributed by atoms with van der Waals surface area (Å²) in [6, 6.07) is 17.4. The van der Waals surface area contributed by atoms with Gasteiger partial charge in [-0.05, 0) is 54.4 Å². The molecule has 0 fully saturated rings. The summed E-state index contributed by atoms with van der Waals surface area (Å²) in [4.78, 5) is 0. The summed E-state index contributed by atoms with van der Waals surface area (Å²) in [6.07, 6.45) is 4.46. The predicted octanol–water partition coefficient (Wildman–Crippen LogP) is 6.12. The average Bonchev–Trinajstić information content (AvgIpc) is 2.85. The number of fused-ring (bicyclic) bond motifs is 4. The molecule has 0 bridgehead atoms. The smallest absolute Gasteiger partial charge is 0.128 e. The lowest BCUT2D eigenvalue weighted by Gasteiger charge is -2.06. The van der Waals surface area contributed by atoms with Crippen molar-refractivity contribution in [2.24, 2.45) is 0 Å². The fourth-order valence-electron chi connectivity index (χ4n) is 3.31. The van der Waals surface area contributed by atoms with Gasteiger partial charge in [-0.15, -0.1) is 0 Å². The van der Waals surface area contributed by atoms with Crippen LogP contribution in [0.2, 0.25) is 0 Å². The molecular weight excluding hydrogens is 280 g/mol. The summed E-state index contributed by atoms with van der Waals surface area (Å²) >= 11 is 0. The quantitative estimate of drug-likeness (QED) is 0.492. The number of rotatable bonds is 1. The van der Waals surface area contributed by atoms with E-state index in [9.17, 15) is 0 Å². The topological polar surface area (TPSA) is 9.23 Å². The Balaban J connectivity index is 1.97. The zero-order chi connectivity index (χ0) is 16.0. The second-order valence-electron chi connectivity index (χ2n) is 6.48. The van der Waals surface area contributed by atoms with E-state index in [0.29, 0.717) is 0 Å². The van der Waals surface area contributed by atoms with Crippen molar-refractivity contribution in [2.75, 3.05) is 0 Å². The fourth-order valence-corrected chi connectivity index (χ4v) is 3.31. The van der Waals surface area contributed by atoms with Crippen LogP contribution in [0.5, 0.6) is 5.75 Å². The summed E-state index contributed by atoms with van der Waals surface area (Å²) in [5.74, 6) is 0.995. The van der Waals surface area contributed by atoms with Gasteiger partial charge in [0.15, 0.2) is 0 Å². The Hall–Kier alpha value is -2.54. The molecule has 0 amide bonds. The number of hydrogen-bond donors (Lipinski definition) is 0. The normalized spacial score (nSPS) is 18.2. The van der Waals surface area contributed by atoms with Gasteiger partial charge in [0.1, 0.15) is 11.9 Å². The molecule has 0 saturated heterocycles. The van der Waals surface area contributed by atoms with Gasteiger partial charge in [0.2, 0.25) is 0 Å². The summed E-state index contributed by atoms with van der Waals surface area (Å²) in [7, 11) is 0. The van der Waals surface area contributed by atoms with Crippen LogP contribution >= 0.6 is 0 Å². The SMILES string of the molecule is CC(C)=C/C=C1/c2cc3ccc4ccccc4c3cc2O[C@@H]1C. The molecule has 1 aliphatic rings. The second-order valence-corrected chi connectivity index (χ2v) is 6.48. The highest BCUT2D eigenvalue weighted by atomic mass is 16.5. The van der Waals surface area contributed by atoms with Crippen LogP contribution < -0.4 is 4.74 Å². The molecule has 0 unspecified atom stereocenters. The van der Waals surface area contributed by atoms with Crippen LogP contribution in [0.4, 0.5) is 0 Å². The van der Waals surface area contributed by atoms with Crippen LogP contribution in [0.25, 0.3) is 27.1 Å². The molecule has 114 valence electrons. The van der Waals surface area contributed by atoms with E-state index in [-0.39, 0.29) is 6.10 Å². The minimum absolute atomic E-state index is 0.101. The van der Waals surface area contributed by atoms with Gasteiger partial charge in [0.05, 0.1) is 0 Å². The molecular formula is C22H20O.